The summed E-state index contributed by atoms with van der Waals surface area (Å²) in [7, 11) is 0. The monoisotopic (exact) mass is 304 g/mol. The minimum absolute atomic E-state index is 0.265. The van der Waals surface area contributed by atoms with E-state index < -0.39 is 0 Å². The van der Waals surface area contributed by atoms with Gasteiger partial charge in [0.15, 0.2) is 0 Å². The van der Waals surface area contributed by atoms with E-state index in [1.54, 1.807) is 10.5 Å². The summed E-state index contributed by atoms with van der Waals surface area (Å²) in [6.07, 6.45) is 1.46. The van der Waals surface area contributed by atoms with Gasteiger partial charge in [0.1, 0.15) is 11.5 Å². The van der Waals surface area contributed by atoms with Crippen LogP contribution >= 0.6 is 15.9 Å². The summed E-state index contributed by atoms with van der Waals surface area (Å²) in [5.74, 6) is -0.265. The molecule has 0 aliphatic carbocycles. The maximum Gasteiger partial charge on any atom is 0.139 e. The molecule has 18 heavy (non-hydrogen) atoms. The first kappa shape index (κ1) is 11.4. The van der Waals surface area contributed by atoms with Gasteiger partial charge in [-0.3, -0.25) is 4.40 Å². The van der Waals surface area contributed by atoms with E-state index in [9.17, 15) is 4.39 Å². The largest absolute Gasteiger partial charge is 0.296 e. The molecule has 0 saturated heterocycles. The molecule has 1 aromatic carbocycles. The fraction of sp³-hybridized carbons (Fsp3) is 0.0714. The second kappa shape index (κ2) is 4.21. The molecule has 3 aromatic rings. The van der Waals surface area contributed by atoms with Crippen LogP contribution in [0.2, 0.25) is 0 Å². The molecule has 3 rings (SSSR count). The number of rotatable bonds is 1. The lowest BCUT2D eigenvalue weighted by atomic mass is 10.1. The topological polar surface area (TPSA) is 17.3 Å². The highest BCUT2D eigenvalue weighted by Crippen LogP contribution is 2.26. The van der Waals surface area contributed by atoms with Crippen LogP contribution in [-0.2, 0) is 0 Å². The molecule has 0 aliphatic rings. The second-order valence-electron chi connectivity index (χ2n) is 4.13. The van der Waals surface area contributed by atoms with Crippen LogP contribution in [0.25, 0.3) is 16.9 Å². The van der Waals surface area contributed by atoms with E-state index in [-0.39, 0.29) is 5.82 Å². The molecule has 0 radical (unpaired) electrons. The predicted octanol–water partition coefficient (Wildman–Crippen LogP) is 4.21. The van der Waals surface area contributed by atoms with Gasteiger partial charge in [0, 0.05) is 16.2 Å². The molecule has 0 N–H and O–H groups in total. The summed E-state index contributed by atoms with van der Waals surface area (Å²) in [5.41, 5.74) is 3.60. The third-order valence-electron chi connectivity index (χ3n) is 2.87. The Balaban J connectivity index is 2.30. The predicted molar refractivity (Wildman–Crippen MR) is 73.0 cm³/mol. The second-order valence-corrected chi connectivity index (χ2v) is 5.04. The van der Waals surface area contributed by atoms with Crippen LogP contribution in [0.5, 0.6) is 0 Å². The van der Waals surface area contributed by atoms with E-state index in [2.05, 4.69) is 20.9 Å². The molecule has 4 heteroatoms. The van der Waals surface area contributed by atoms with Crippen LogP contribution in [0.1, 0.15) is 5.69 Å². The van der Waals surface area contributed by atoms with Crippen molar-refractivity contribution >= 4 is 21.6 Å². The number of aromatic nitrogens is 2. The Labute approximate surface area is 112 Å². The zero-order valence-electron chi connectivity index (χ0n) is 9.69. The number of halogens is 2. The van der Waals surface area contributed by atoms with E-state index in [1.807, 2.05) is 31.2 Å². The Morgan fingerprint density at radius 2 is 1.83 bits per heavy atom. The molecule has 0 amide bonds. The first-order chi connectivity index (χ1) is 8.65. The van der Waals surface area contributed by atoms with Crippen LogP contribution in [0, 0.1) is 12.7 Å². The number of aryl methyl sites for hydroxylation is 1. The number of pyridine rings is 1. The highest BCUT2D eigenvalue weighted by atomic mass is 79.9. The van der Waals surface area contributed by atoms with Crippen molar-refractivity contribution in [2.75, 3.05) is 0 Å². The zero-order chi connectivity index (χ0) is 12.7. The van der Waals surface area contributed by atoms with Crippen LogP contribution in [0.3, 0.4) is 0 Å². The summed E-state index contributed by atoms with van der Waals surface area (Å²) >= 11 is 3.41. The van der Waals surface area contributed by atoms with Gasteiger partial charge in [-0.2, -0.15) is 0 Å². The van der Waals surface area contributed by atoms with Crippen LogP contribution in [0.4, 0.5) is 4.39 Å². The molecule has 2 nitrogen and oxygen atoms in total. The van der Waals surface area contributed by atoms with Gasteiger partial charge in [-0.15, -0.1) is 0 Å². The minimum Gasteiger partial charge on any atom is -0.296 e. The molecule has 0 spiro atoms. The Hall–Kier alpha value is -1.68. The Bertz CT molecular complexity index is 716. The average Bonchev–Trinajstić information content (AvgIpc) is 2.66. The summed E-state index contributed by atoms with van der Waals surface area (Å²) in [6.45, 7) is 1.93. The van der Waals surface area contributed by atoms with E-state index >= 15 is 0 Å². The van der Waals surface area contributed by atoms with Gasteiger partial charge in [-0.05, 0) is 31.2 Å². The lowest BCUT2D eigenvalue weighted by Gasteiger charge is -2.03. The fourth-order valence-electron chi connectivity index (χ4n) is 2.09. The molecule has 0 atom stereocenters. The van der Waals surface area contributed by atoms with Crippen molar-refractivity contribution < 1.29 is 4.39 Å². The van der Waals surface area contributed by atoms with E-state index in [1.165, 1.54) is 12.3 Å². The summed E-state index contributed by atoms with van der Waals surface area (Å²) in [6, 6.07) is 11.0. The maximum absolute atomic E-state index is 13.3. The number of nitrogens with zero attached hydrogens (tertiary/aromatic N) is 2. The third-order valence-corrected chi connectivity index (χ3v) is 3.40. The van der Waals surface area contributed by atoms with E-state index in [4.69, 9.17) is 0 Å². The molecule has 0 bridgehead atoms. The van der Waals surface area contributed by atoms with Gasteiger partial charge in [0.25, 0.3) is 0 Å². The fourth-order valence-corrected chi connectivity index (χ4v) is 2.36. The van der Waals surface area contributed by atoms with Crippen LogP contribution < -0.4 is 0 Å². The molecule has 2 heterocycles. The standard InChI is InChI=1S/C14H10BrFN2/c1-9-14(10-2-4-11(15)5-3-10)18-8-12(16)6-7-13(18)17-9/h2-8H,1H3. The summed E-state index contributed by atoms with van der Waals surface area (Å²) in [4.78, 5) is 4.44. The number of benzene rings is 1. The Morgan fingerprint density at radius 3 is 2.56 bits per heavy atom. The van der Waals surface area contributed by atoms with Crippen molar-refractivity contribution in [1.29, 1.82) is 0 Å². The van der Waals surface area contributed by atoms with Gasteiger partial charge >= 0.3 is 0 Å². The van der Waals surface area contributed by atoms with Gasteiger partial charge in [0.05, 0.1) is 11.4 Å². The van der Waals surface area contributed by atoms with Crippen molar-refractivity contribution in [2.24, 2.45) is 0 Å². The van der Waals surface area contributed by atoms with Gasteiger partial charge in [-0.25, -0.2) is 9.37 Å². The van der Waals surface area contributed by atoms with Crippen molar-refractivity contribution in [1.82, 2.24) is 9.38 Å². The Kier molecular flexibility index (Phi) is 2.67. The van der Waals surface area contributed by atoms with Crippen molar-refractivity contribution in [3.63, 3.8) is 0 Å². The number of hydrogen-bond donors (Lipinski definition) is 0. The Morgan fingerprint density at radius 1 is 1.11 bits per heavy atom. The molecule has 0 unspecified atom stereocenters. The first-order valence-corrected chi connectivity index (χ1v) is 6.34. The molecule has 0 aliphatic heterocycles. The normalized spacial score (nSPS) is 11.1. The first-order valence-electron chi connectivity index (χ1n) is 5.55. The van der Waals surface area contributed by atoms with E-state index in [0.29, 0.717) is 0 Å². The van der Waals surface area contributed by atoms with Gasteiger partial charge in [0.2, 0.25) is 0 Å². The highest BCUT2D eigenvalue weighted by molar-refractivity contribution is 9.10. The number of hydrogen-bond acceptors (Lipinski definition) is 1. The van der Waals surface area contributed by atoms with E-state index in [0.717, 1.165) is 27.1 Å². The van der Waals surface area contributed by atoms with Gasteiger partial charge < -0.3 is 0 Å². The van der Waals surface area contributed by atoms with Crippen molar-refractivity contribution in [3.8, 4) is 11.3 Å². The van der Waals surface area contributed by atoms with Crippen LogP contribution in [0.15, 0.2) is 47.1 Å². The highest BCUT2D eigenvalue weighted by Gasteiger charge is 2.11. The molecular formula is C14H10BrFN2. The maximum atomic E-state index is 13.3. The molecular weight excluding hydrogens is 295 g/mol. The van der Waals surface area contributed by atoms with Crippen LogP contribution in [-0.4, -0.2) is 9.38 Å². The molecule has 0 fully saturated rings. The smallest absolute Gasteiger partial charge is 0.139 e. The molecule has 0 saturated carbocycles. The minimum atomic E-state index is -0.265. The van der Waals surface area contributed by atoms with Crippen molar-refractivity contribution in [2.45, 2.75) is 6.92 Å². The summed E-state index contributed by atoms with van der Waals surface area (Å²) in [5, 5.41) is 0. The zero-order valence-corrected chi connectivity index (χ0v) is 11.3. The third kappa shape index (κ3) is 1.82. The molecule has 90 valence electrons. The lowest BCUT2D eigenvalue weighted by Crippen LogP contribution is -1.90. The summed E-state index contributed by atoms with van der Waals surface area (Å²) < 4.78 is 16.2. The van der Waals surface area contributed by atoms with Crippen molar-refractivity contribution in [3.05, 3.63) is 58.6 Å². The number of fused-ring (bicyclic) bond motifs is 1. The lowest BCUT2D eigenvalue weighted by molar-refractivity contribution is 0.619. The SMILES string of the molecule is Cc1nc2ccc(F)cn2c1-c1ccc(Br)cc1. The average molecular weight is 305 g/mol. The van der Waals surface area contributed by atoms with Gasteiger partial charge in [-0.1, -0.05) is 28.1 Å². The number of imidazole rings is 1. The quantitative estimate of drug-likeness (QED) is 0.658. The molecule has 2 aromatic heterocycles.